The standard InChI is InChI=1S/C15H23N3/c1-13-8-4-5-9-14(13)12-17-15(16)18-10-6-2-3-7-11-18/h4-5,8-9H,2-3,6-7,10-12H2,1H3,(H2,16,17). The van der Waals surface area contributed by atoms with Crippen molar-refractivity contribution in [2.45, 2.75) is 39.2 Å². The molecule has 98 valence electrons. The molecule has 1 aromatic rings. The molecule has 0 aromatic heterocycles. The summed E-state index contributed by atoms with van der Waals surface area (Å²) in [6.07, 6.45) is 5.12. The SMILES string of the molecule is Cc1ccccc1CN=C(N)N1CCCCCC1. The first-order chi connectivity index (χ1) is 8.77. The van der Waals surface area contributed by atoms with Gasteiger partial charge in [0.15, 0.2) is 5.96 Å². The average Bonchev–Trinajstić information content (AvgIpc) is 2.66. The summed E-state index contributed by atoms with van der Waals surface area (Å²) in [6, 6.07) is 8.35. The summed E-state index contributed by atoms with van der Waals surface area (Å²) >= 11 is 0. The number of hydrogen-bond donors (Lipinski definition) is 1. The zero-order valence-corrected chi connectivity index (χ0v) is 11.2. The monoisotopic (exact) mass is 245 g/mol. The van der Waals surface area contributed by atoms with Crippen molar-refractivity contribution in [3.63, 3.8) is 0 Å². The Bertz CT molecular complexity index is 404. The van der Waals surface area contributed by atoms with Crippen LogP contribution in [0.3, 0.4) is 0 Å². The molecule has 0 aliphatic carbocycles. The molecule has 1 saturated heterocycles. The van der Waals surface area contributed by atoms with E-state index in [2.05, 4.69) is 41.1 Å². The number of nitrogens with zero attached hydrogens (tertiary/aromatic N) is 2. The molecule has 3 nitrogen and oxygen atoms in total. The predicted octanol–water partition coefficient (Wildman–Crippen LogP) is 2.69. The molecule has 0 spiro atoms. The number of nitrogens with two attached hydrogens (primary N) is 1. The van der Waals surface area contributed by atoms with Crippen molar-refractivity contribution in [3.8, 4) is 0 Å². The lowest BCUT2D eigenvalue weighted by Gasteiger charge is -2.21. The molecule has 2 N–H and O–H groups in total. The van der Waals surface area contributed by atoms with Crippen molar-refractivity contribution in [1.29, 1.82) is 0 Å². The van der Waals surface area contributed by atoms with E-state index < -0.39 is 0 Å². The van der Waals surface area contributed by atoms with Crippen LogP contribution >= 0.6 is 0 Å². The molecular formula is C15H23N3. The van der Waals surface area contributed by atoms with Gasteiger partial charge in [-0.3, -0.25) is 0 Å². The Hall–Kier alpha value is -1.51. The molecule has 0 radical (unpaired) electrons. The van der Waals surface area contributed by atoms with Gasteiger partial charge in [0.25, 0.3) is 0 Å². The fourth-order valence-corrected chi connectivity index (χ4v) is 2.35. The highest BCUT2D eigenvalue weighted by atomic mass is 15.2. The molecule has 18 heavy (non-hydrogen) atoms. The number of aryl methyl sites for hydroxylation is 1. The maximum Gasteiger partial charge on any atom is 0.191 e. The van der Waals surface area contributed by atoms with E-state index in [9.17, 15) is 0 Å². The Morgan fingerprint density at radius 1 is 1.17 bits per heavy atom. The summed E-state index contributed by atoms with van der Waals surface area (Å²) in [4.78, 5) is 6.77. The lowest BCUT2D eigenvalue weighted by molar-refractivity contribution is 0.428. The summed E-state index contributed by atoms with van der Waals surface area (Å²) in [6.45, 7) is 4.92. The maximum atomic E-state index is 6.09. The Morgan fingerprint density at radius 2 is 1.83 bits per heavy atom. The van der Waals surface area contributed by atoms with Crippen molar-refractivity contribution in [2.75, 3.05) is 13.1 Å². The molecular weight excluding hydrogens is 222 g/mol. The minimum absolute atomic E-state index is 0.689. The second-order valence-corrected chi connectivity index (χ2v) is 5.00. The van der Waals surface area contributed by atoms with Crippen LogP contribution in [0.4, 0.5) is 0 Å². The van der Waals surface area contributed by atoms with Crippen LogP contribution in [0.25, 0.3) is 0 Å². The normalized spacial score (nSPS) is 17.6. The minimum Gasteiger partial charge on any atom is -0.370 e. The van der Waals surface area contributed by atoms with E-state index in [1.165, 1.54) is 36.8 Å². The molecule has 1 aliphatic heterocycles. The summed E-state index contributed by atoms with van der Waals surface area (Å²) in [5.41, 5.74) is 8.63. The molecule has 0 bridgehead atoms. The van der Waals surface area contributed by atoms with E-state index in [1.807, 2.05) is 0 Å². The molecule has 2 rings (SSSR count). The van der Waals surface area contributed by atoms with Gasteiger partial charge in [-0.05, 0) is 30.9 Å². The van der Waals surface area contributed by atoms with Gasteiger partial charge in [0.2, 0.25) is 0 Å². The summed E-state index contributed by atoms with van der Waals surface area (Å²) < 4.78 is 0. The van der Waals surface area contributed by atoms with Crippen LogP contribution in [0.15, 0.2) is 29.3 Å². The topological polar surface area (TPSA) is 41.6 Å². The van der Waals surface area contributed by atoms with Gasteiger partial charge in [0.1, 0.15) is 0 Å². The van der Waals surface area contributed by atoms with E-state index in [0.29, 0.717) is 12.5 Å². The molecule has 1 fully saturated rings. The lowest BCUT2D eigenvalue weighted by atomic mass is 10.1. The zero-order chi connectivity index (χ0) is 12.8. The van der Waals surface area contributed by atoms with Crippen molar-refractivity contribution in [1.82, 2.24) is 4.90 Å². The summed E-state index contributed by atoms with van der Waals surface area (Å²) in [7, 11) is 0. The second-order valence-electron chi connectivity index (χ2n) is 5.00. The minimum atomic E-state index is 0.689. The van der Waals surface area contributed by atoms with Crippen LogP contribution in [0.1, 0.15) is 36.8 Å². The van der Waals surface area contributed by atoms with Crippen molar-refractivity contribution in [3.05, 3.63) is 35.4 Å². The summed E-state index contributed by atoms with van der Waals surface area (Å²) in [5.74, 6) is 0.708. The Labute approximate surface area is 110 Å². The summed E-state index contributed by atoms with van der Waals surface area (Å²) in [5, 5.41) is 0. The predicted molar refractivity (Wildman–Crippen MR) is 76.5 cm³/mol. The number of rotatable bonds is 2. The van der Waals surface area contributed by atoms with Gasteiger partial charge in [-0.1, -0.05) is 37.1 Å². The number of guanidine groups is 1. The highest BCUT2D eigenvalue weighted by Crippen LogP contribution is 2.11. The number of hydrogen-bond acceptors (Lipinski definition) is 1. The van der Waals surface area contributed by atoms with Crippen LogP contribution < -0.4 is 5.73 Å². The lowest BCUT2D eigenvalue weighted by Crippen LogP contribution is -2.38. The van der Waals surface area contributed by atoms with Gasteiger partial charge in [-0.15, -0.1) is 0 Å². The van der Waals surface area contributed by atoms with Gasteiger partial charge < -0.3 is 10.6 Å². The molecule has 0 atom stereocenters. The Balaban J connectivity index is 1.97. The Morgan fingerprint density at radius 3 is 2.50 bits per heavy atom. The third kappa shape index (κ3) is 3.49. The van der Waals surface area contributed by atoms with E-state index >= 15 is 0 Å². The van der Waals surface area contributed by atoms with Gasteiger partial charge >= 0.3 is 0 Å². The first-order valence-electron chi connectivity index (χ1n) is 6.87. The third-order valence-electron chi connectivity index (χ3n) is 3.60. The highest BCUT2D eigenvalue weighted by molar-refractivity contribution is 5.78. The van der Waals surface area contributed by atoms with Crippen LogP contribution in [-0.4, -0.2) is 23.9 Å². The fraction of sp³-hybridized carbons (Fsp3) is 0.533. The molecule has 1 heterocycles. The maximum absolute atomic E-state index is 6.09. The van der Waals surface area contributed by atoms with E-state index in [1.54, 1.807) is 0 Å². The van der Waals surface area contributed by atoms with Crippen LogP contribution in [-0.2, 0) is 6.54 Å². The smallest absolute Gasteiger partial charge is 0.191 e. The quantitative estimate of drug-likeness (QED) is 0.643. The number of benzene rings is 1. The molecule has 0 unspecified atom stereocenters. The van der Waals surface area contributed by atoms with E-state index in [-0.39, 0.29) is 0 Å². The third-order valence-corrected chi connectivity index (χ3v) is 3.60. The largest absolute Gasteiger partial charge is 0.370 e. The molecule has 0 amide bonds. The van der Waals surface area contributed by atoms with Crippen molar-refractivity contribution >= 4 is 5.96 Å². The average molecular weight is 245 g/mol. The van der Waals surface area contributed by atoms with E-state index in [4.69, 9.17) is 5.73 Å². The van der Waals surface area contributed by atoms with Gasteiger partial charge in [0.05, 0.1) is 6.54 Å². The van der Waals surface area contributed by atoms with Gasteiger partial charge in [-0.2, -0.15) is 0 Å². The molecule has 1 aliphatic rings. The number of aliphatic imine (C=N–C) groups is 1. The van der Waals surface area contributed by atoms with Gasteiger partial charge in [-0.25, -0.2) is 4.99 Å². The van der Waals surface area contributed by atoms with Crippen LogP contribution in [0.5, 0.6) is 0 Å². The molecule has 3 heteroatoms. The van der Waals surface area contributed by atoms with Crippen molar-refractivity contribution in [2.24, 2.45) is 10.7 Å². The molecule has 0 saturated carbocycles. The number of likely N-dealkylation sites (tertiary alicyclic amines) is 1. The second kappa shape index (κ2) is 6.43. The van der Waals surface area contributed by atoms with E-state index in [0.717, 1.165) is 13.1 Å². The Kier molecular flexibility index (Phi) is 4.62. The van der Waals surface area contributed by atoms with Gasteiger partial charge in [0, 0.05) is 13.1 Å². The fourth-order valence-electron chi connectivity index (χ4n) is 2.35. The van der Waals surface area contributed by atoms with Crippen molar-refractivity contribution < 1.29 is 0 Å². The molecule has 1 aromatic carbocycles. The first kappa shape index (κ1) is 12.9. The van der Waals surface area contributed by atoms with Crippen LogP contribution in [0.2, 0.25) is 0 Å². The van der Waals surface area contributed by atoms with Crippen LogP contribution in [0, 0.1) is 6.92 Å². The first-order valence-corrected chi connectivity index (χ1v) is 6.87. The zero-order valence-electron chi connectivity index (χ0n) is 11.2. The highest BCUT2D eigenvalue weighted by Gasteiger charge is 2.10.